The average Bonchev–Trinajstić information content (AvgIpc) is 3.07. The summed E-state index contributed by atoms with van der Waals surface area (Å²) in [5.74, 6) is -0.792. The van der Waals surface area contributed by atoms with Gasteiger partial charge in [0.1, 0.15) is 11.5 Å². The van der Waals surface area contributed by atoms with Gasteiger partial charge in [-0.3, -0.25) is 9.59 Å². The van der Waals surface area contributed by atoms with Gasteiger partial charge in [0.05, 0.1) is 18.7 Å². The molecular weight excluding hydrogens is 389 g/mol. The third-order valence-corrected chi connectivity index (χ3v) is 4.50. The molecule has 1 fully saturated rings. The summed E-state index contributed by atoms with van der Waals surface area (Å²) in [6.45, 7) is 0.355. The minimum atomic E-state index is -4.75. The first-order chi connectivity index (χ1) is 13.8. The van der Waals surface area contributed by atoms with Crippen LogP contribution in [0, 0.1) is 5.92 Å². The van der Waals surface area contributed by atoms with Crippen LogP contribution >= 0.6 is 0 Å². The number of carbonyl (C=O) groups is 2. The monoisotopic (exact) mass is 408 g/mol. The molecule has 1 saturated heterocycles. The van der Waals surface area contributed by atoms with E-state index in [9.17, 15) is 22.8 Å². The van der Waals surface area contributed by atoms with Crippen LogP contribution < -0.4 is 19.7 Å². The van der Waals surface area contributed by atoms with E-state index in [2.05, 4.69) is 10.1 Å². The fourth-order valence-corrected chi connectivity index (χ4v) is 3.11. The molecule has 0 saturated carbocycles. The standard InChI is InChI=1S/C20H19F3N2O4/c1-28-17-5-3-2-4-16(17)25-12-14(10-18(25)26)19(27)24-11-13-6-8-15(9-7-13)29-20(21,22)23/h2-9,14H,10-12H2,1H3,(H,24,27). The van der Waals surface area contributed by atoms with Gasteiger partial charge in [-0.05, 0) is 29.8 Å². The molecule has 1 aliphatic heterocycles. The molecule has 1 atom stereocenters. The summed E-state index contributed by atoms with van der Waals surface area (Å²) < 4.78 is 45.6. The van der Waals surface area contributed by atoms with Gasteiger partial charge in [0.15, 0.2) is 0 Å². The molecule has 2 amide bonds. The lowest BCUT2D eigenvalue weighted by Crippen LogP contribution is -2.32. The Kier molecular flexibility index (Phi) is 5.95. The van der Waals surface area contributed by atoms with Crippen LogP contribution in [0.25, 0.3) is 0 Å². The number of rotatable bonds is 6. The van der Waals surface area contributed by atoms with Gasteiger partial charge in [-0.1, -0.05) is 24.3 Å². The SMILES string of the molecule is COc1ccccc1N1CC(C(=O)NCc2ccc(OC(F)(F)F)cc2)CC1=O. The van der Waals surface area contributed by atoms with Gasteiger partial charge in [-0.15, -0.1) is 13.2 Å². The molecule has 2 aromatic rings. The molecule has 1 heterocycles. The summed E-state index contributed by atoms with van der Waals surface area (Å²) in [5.41, 5.74) is 1.22. The number of anilines is 1. The van der Waals surface area contributed by atoms with Crippen LogP contribution in [-0.4, -0.2) is 31.8 Å². The zero-order valence-corrected chi connectivity index (χ0v) is 15.5. The third kappa shape index (κ3) is 5.18. The van der Waals surface area contributed by atoms with Gasteiger partial charge < -0.3 is 19.7 Å². The number of alkyl halides is 3. The molecule has 6 nitrogen and oxygen atoms in total. The number of ether oxygens (including phenoxy) is 2. The Morgan fingerprint density at radius 3 is 2.52 bits per heavy atom. The lowest BCUT2D eigenvalue weighted by molar-refractivity contribution is -0.274. The molecule has 1 aliphatic rings. The van der Waals surface area contributed by atoms with E-state index in [0.29, 0.717) is 17.0 Å². The summed E-state index contributed by atoms with van der Waals surface area (Å²) in [6, 6.07) is 12.3. The first kappa shape index (κ1) is 20.5. The van der Waals surface area contributed by atoms with Crippen molar-refractivity contribution in [3.8, 4) is 11.5 Å². The van der Waals surface area contributed by atoms with E-state index in [-0.39, 0.29) is 37.1 Å². The Bertz CT molecular complexity index is 884. The summed E-state index contributed by atoms with van der Waals surface area (Å²) in [4.78, 5) is 26.3. The summed E-state index contributed by atoms with van der Waals surface area (Å²) in [6.07, 6.45) is -4.68. The van der Waals surface area contributed by atoms with Crippen LogP contribution in [0.4, 0.5) is 18.9 Å². The Labute approximate surface area is 165 Å². The Hall–Kier alpha value is -3.23. The molecule has 0 aliphatic carbocycles. The largest absolute Gasteiger partial charge is 0.573 e. The molecule has 29 heavy (non-hydrogen) atoms. The van der Waals surface area contributed by atoms with Gasteiger partial charge in [-0.2, -0.15) is 0 Å². The van der Waals surface area contributed by atoms with Crippen molar-refractivity contribution in [3.05, 3.63) is 54.1 Å². The highest BCUT2D eigenvalue weighted by Gasteiger charge is 2.36. The van der Waals surface area contributed by atoms with E-state index in [4.69, 9.17) is 4.74 Å². The van der Waals surface area contributed by atoms with Gasteiger partial charge >= 0.3 is 6.36 Å². The molecular formula is C20H19F3N2O4. The van der Waals surface area contributed by atoms with Crippen molar-refractivity contribution < 1.29 is 32.2 Å². The predicted octanol–water partition coefficient (Wildman–Crippen LogP) is 3.26. The van der Waals surface area contributed by atoms with Gasteiger partial charge in [0.2, 0.25) is 11.8 Å². The summed E-state index contributed by atoms with van der Waals surface area (Å²) >= 11 is 0. The molecule has 0 radical (unpaired) electrons. The molecule has 1 N–H and O–H groups in total. The predicted molar refractivity (Wildman–Crippen MR) is 98.4 cm³/mol. The second-order valence-electron chi connectivity index (χ2n) is 6.49. The fourth-order valence-electron chi connectivity index (χ4n) is 3.11. The smallest absolute Gasteiger partial charge is 0.495 e. The highest BCUT2D eigenvalue weighted by atomic mass is 19.4. The first-order valence-corrected chi connectivity index (χ1v) is 8.82. The molecule has 3 rings (SSSR count). The van der Waals surface area contributed by atoms with Crippen molar-refractivity contribution in [1.29, 1.82) is 0 Å². The normalized spacial score (nSPS) is 16.6. The summed E-state index contributed by atoms with van der Waals surface area (Å²) in [5, 5.41) is 2.72. The van der Waals surface area contributed by atoms with Crippen molar-refractivity contribution in [2.75, 3.05) is 18.6 Å². The molecule has 0 bridgehead atoms. The second-order valence-corrected chi connectivity index (χ2v) is 6.49. The lowest BCUT2D eigenvalue weighted by atomic mass is 10.1. The minimum Gasteiger partial charge on any atom is -0.495 e. The van der Waals surface area contributed by atoms with Crippen LogP contribution in [0.2, 0.25) is 0 Å². The molecule has 0 spiro atoms. The van der Waals surface area contributed by atoms with Crippen molar-refractivity contribution in [1.82, 2.24) is 5.32 Å². The Balaban J connectivity index is 1.57. The molecule has 1 unspecified atom stereocenters. The van der Waals surface area contributed by atoms with Crippen LogP contribution in [0.3, 0.4) is 0 Å². The molecule has 9 heteroatoms. The molecule has 2 aromatic carbocycles. The number of methoxy groups -OCH3 is 1. The van der Waals surface area contributed by atoms with E-state index in [1.807, 2.05) is 0 Å². The van der Waals surface area contributed by atoms with Crippen molar-refractivity contribution >= 4 is 17.5 Å². The fraction of sp³-hybridized carbons (Fsp3) is 0.300. The van der Waals surface area contributed by atoms with Crippen LogP contribution in [0.1, 0.15) is 12.0 Å². The zero-order valence-electron chi connectivity index (χ0n) is 15.5. The maximum absolute atomic E-state index is 12.5. The van der Waals surface area contributed by atoms with Gasteiger partial charge in [0, 0.05) is 19.5 Å². The summed E-state index contributed by atoms with van der Waals surface area (Å²) in [7, 11) is 1.51. The number of para-hydroxylation sites is 2. The topological polar surface area (TPSA) is 67.9 Å². The number of hydrogen-bond acceptors (Lipinski definition) is 4. The van der Waals surface area contributed by atoms with Crippen LogP contribution in [-0.2, 0) is 16.1 Å². The number of nitrogens with one attached hydrogen (secondary N) is 1. The number of nitrogens with zero attached hydrogens (tertiary/aromatic N) is 1. The quantitative estimate of drug-likeness (QED) is 0.797. The Morgan fingerprint density at radius 1 is 1.17 bits per heavy atom. The number of halogens is 3. The van der Waals surface area contributed by atoms with E-state index >= 15 is 0 Å². The van der Waals surface area contributed by atoms with Gasteiger partial charge in [-0.25, -0.2) is 0 Å². The van der Waals surface area contributed by atoms with Gasteiger partial charge in [0.25, 0.3) is 0 Å². The van der Waals surface area contributed by atoms with E-state index in [1.165, 1.54) is 36.3 Å². The first-order valence-electron chi connectivity index (χ1n) is 8.82. The molecule has 0 aromatic heterocycles. The van der Waals surface area contributed by atoms with Crippen LogP contribution in [0.15, 0.2) is 48.5 Å². The lowest BCUT2D eigenvalue weighted by Gasteiger charge is -2.19. The average molecular weight is 408 g/mol. The maximum Gasteiger partial charge on any atom is 0.573 e. The number of amides is 2. The third-order valence-electron chi connectivity index (χ3n) is 4.50. The van der Waals surface area contributed by atoms with Crippen LogP contribution in [0.5, 0.6) is 11.5 Å². The van der Waals surface area contributed by atoms with Crippen molar-refractivity contribution in [3.63, 3.8) is 0 Å². The zero-order chi connectivity index (χ0) is 21.0. The van der Waals surface area contributed by atoms with Crippen molar-refractivity contribution in [2.24, 2.45) is 5.92 Å². The number of carbonyl (C=O) groups excluding carboxylic acids is 2. The minimum absolute atomic E-state index is 0.0717. The number of benzene rings is 2. The highest BCUT2D eigenvalue weighted by Crippen LogP contribution is 2.32. The van der Waals surface area contributed by atoms with E-state index in [1.54, 1.807) is 24.3 Å². The Morgan fingerprint density at radius 2 is 1.86 bits per heavy atom. The second kappa shape index (κ2) is 8.42. The van der Waals surface area contributed by atoms with E-state index in [0.717, 1.165) is 0 Å². The van der Waals surface area contributed by atoms with Crippen molar-refractivity contribution in [2.45, 2.75) is 19.3 Å². The maximum atomic E-state index is 12.5. The highest BCUT2D eigenvalue weighted by molar-refractivity contribution is 6.01. The number of hydrogen-bond donors (Lipinski definition) is 1. The van der Waals surface area contributed by atoms with E-state index < -0.39 is 12.3 Å². The molecule has 154 valence electrons.